The van der Waals surface area contributed by atoms with Crippen molar-refractivity contribution in [3.05, 3.63) is 54.6 Å². The molecule has 0 radical (unpaired) electrons. The molecular weight excluding hydrogens is 424 g/mol. The summed E-state index contributed by atoms with van der Waals surface area (Å²) >= 11 is 0. The van der Waals surface area contributed by atoms with Crippen molar-refractivity contribution < 1.29 is 0 Å². The zero-order chi connectivity index (χ0) is 24.8. The van der Waals surface area contributed by atoms with Crippen molar-refractivity contribution in [2.75, 3.05) is 0 Å². The SMILES string of the molecule is CCCCCCCCCCCCCCCCC(C(CCCCC)Cc1ccccc1)n1ccnc1. The van der Waals surface area contributed by atoms with Gasteiger partial charge in [0.2, 0.25) is 0 Å². The average molecular weight is 481 g/mol. The third-order valence-electron chi connectivity index (χ3n) is 7.82. The van der Waals surface area contributed by atoms with Gasteiger partial charge in [0.1, 0.15) is 0 Å². The van der Waals surface area contributed by atoms with Crippen LogP contribution in [0.4, 0.5) is 0 Å². The van der Waals surface area contributed by atoms with E-state index in [1.54, 1.807) is 0 Å². The van der Waals surface area contributed by atoms with E-state index in [-0.39, 0.29) is 0 Å². The van der Waals surface area contributed by atoms with Gasteiger partial charge in [0.15, 0.2) is 0 Å². The minimum Gasteiger partial charge on any atom is -0.334 e. The summed E-state index contributed by atoms with van der Waals surface area (Å²) in [6.07, 6.45) is 34.0. The van der Waals surface area contributed by atoms with Gasteiger partial charge in [-0.3, -0.25) is 0 Å². The van der Waals surface area contributed by atoms with E-state index < -0.39 is 0 Å². The second-order valence-electron chi connectivity index (χ2n) is 10.9. The van der Waals surface area contributed by atoms with Crippen molar-refractivity contribution in [3.63, 3.8) is 0 Å². The van der Waals surface area contributed by atoms with E-state index >= 15 is 0 Å². The van der Waals surface area contributed by atoms with Gasteiger partial charge in [0.25, 0.3) is 0 Å². The molecule has 1 aromatic carbocycles. The van der Waals surface area contributed by atoms with Crippen LogP contribution in [-0.4, -0.2) is 9.55 Å². The first kappa shape index (κ1) is 29.7. The van der Waals surface area contributed by atoms with Gasteiger partial charge >= 0.3 is 0 Å². The molecule has 0 amide bonds. The van der Waals surface area contributed by atoms with Crippen LogP contribution in [0.15, 0.2) is 49.1 Å². The van der Waals surface area contributed by atoms with Crippen LogP contribution in [0, 0.1) is 5.92 Å². The van der Waals surface area contributed by atoms with Gasteiger partial charge in [-0.2, -0.15) is 0 Å². The number of aromatic nitrogens is 2. The number of imidazole rings is 1. The summed E-state index contributed by atoms with van der Waals surface area (Å²) in [6, 6.07) is 11.7. The molecule has 0 fully saturated rings. The Kier molecular flexibility index (Phi) is 17.5. The molecule has 2 heteroatoms. The summed E-state index contributed by atoms with van der Waals surface area (Å²) in [6.45, 7) is 4.61. The quantitative estimate of drug-likeness (QED) is 0.145. The summed E-state index contributed by atoms with van der Waals surface area (Å²) in [5, 5.41) is 0. The number of benzene rings is 1. The molecule has 0 aliphatic rings. The van der Waals surface area contributed by atoms with E-state index in [1.807, 2.05) is 6.20 Å². The second-order valence-corrected chi connectivity index (χ2v) is 10.9. The summed E-state index contributed by atoms with van der Waals surface area (Å²) in [5.74, 6) is 0.695. The van der Waals surface area contributed by atoms with Crippen LogP contribution in [0.3, 0.4) is 0 Å². The Labute approximate surface area is 218 Å². The molecule has 1 heterocycles. The number of rotatable bonds is 23. The predicted molar refractivity (Wildman–Crippen MR) is 154 cm³/mol. The molecule has 0 aliphatic carbocycles. The number of unbranched alkanes of at least 4 members (excludes halogenated alkanes) is 15. The number of hydrogen-bond acceptors (Lipinski definition) is 1. The number of hydrogen-bond donors (Lipinski definition) is 0. The van der Waals surface area contributed by atoms with E-state index in [4.69, 9.17) is 0 Å². The highest BCUT2D eigenvalue weighted by Gasteiger charge is 2.22. The van der Waals surface area contributed by atoms with Crippen LogP contribution >= 0.6 is 0 Å². The molecule has 0 bridgehead atoms. The molecule has 2 atom stereocenters. The van der Waals surface area contributed by atoms with Gasteiger partial charge in [-0.25, -0.2) is 4.98 Å². The highest BCUT2D eigenvalue weighted by Crippen LogP contribution is 2.32. The maximum absolute atomic E-state index is 4.41. The fourth-order valence-electron chi connectivity index (χ4n) is 5.65. The fourth-order valence-corrected chi connectivity index (χ4v) is 5.65. The Morgan fingerprint density at radius 1 is 0.629 bits per heavy atom. The Hall–Kier alpha value is -1.57. The van der Waals surface area contributed by atoms with E-state index in [0.29, 0.717) is 12.0 Å². The molecule has 0 aliphatic heterocycles. The molecule has 0 saturated carbocycles. The van der Waals surface area contributed by atoms with Crippen LogP contribution in [-0.2, 0) is 6.42 Å². The lowest BCUT2D eigenvalue weighted by molar-refractivity contribution is 0.276. The van der Waals surface area contributed by atoms with E-state index in [1.165, 1.54) is 134 Å². The van der Waals surface area contributed by atoms with Crippen molar-refractivity contribution in [3.8, 4) is 0 Å². The zero-order valence-electron chi connectivity index (χ0n) is 23.3. The monoisotopic (exact) mass is 480 g/mol. The van der Waals surface area contributed by atoms with Crippen molar-refractivity contribution >= 4 is 0 Å². The Balaban J connectivity index is 1.68. The van der Waals surface area contributed by atoms with Crippen molar-refractivity contribution in [1.29, 1.82) is 0 Å². The van der Waals surface area contributed by atoms with Crippen LogP contribution in [0.5, 0.6) is 0 Å². The molecule has 0 spiro atoms. The minimum atomic E-state index is 0.576. The summed E-state index contributed by atoms with van der Waals surface area (Å²) in [5.41, 5.74) is 1.49. The van der Waals surface area contributed by atoms with Gasteiger partial charge in [-0.05, 0) is 30.7 Å². The highest BCUT2D eigenvalue weighted by molar-refractivity contribution is 5.15. The van der Waals surface area contributed by atoms with Crippen LogP contribution in [0.1, 0.15) is 147 Å². The van der Waals surface area contributed by atoms with Crippen molar-refractivity contribution in [2.24, 2.45) is 5.92 Å². The third-order valence-corrected chi connectivity index (χ3v) is 7.82. The Bertz CT molecular complexity index is 678. The molecular formula is C33H56N2. The van der Waals surface area contributed by atoms with Gasteiger partial charge in [0, 0.05) is 18.4 Å². The fraction of sp³-hybridized carbons (Fsp3) is 0.727. The lowest BCUT2D eigenvalue weighted by Crippen LogP contribution is -2.21. The average Bonchev–Trinajstić information content (AvgIpc) is 3.41. The molecule has 1 aromatic heterocycles. The van der Waals surface area contributed by atoms with E-state index in [9.17, 15) is 0 Å². The van der Waals surface area contributed by atoms with Crippen LogP contribution < -0.4 is 0 Å². The molecule has 35 heavy (non-hydrogen) atoms. The predicted octanol–water partition coefficient (Wildman–Crippen LogP) is 10.7. The van der Waals surface area contributed by atoms with Gasteiger partial charge in [-0.1, -0.05) is 153 Å². The standard InChI is InChI=1S/C33H56N2/c1-3-5-7-8-9-10-11-12-13-14-15-16-17-22-26-33(35-28-27-34-30-35)32(25-19-6-4-2)29-31-23-20-18-21-24-31/h18,20-21,23-24,27-28,30,32-33H,3-17,19,22,25-26,29H2,1-2H3. The molecule has 2 nitrogen and oxygen atoms in total. The lowest BCUT2D eigenvalue weighted by Gasteiger charge is -2.29. The summed E-state index contributed by atoms with van der Waals surface area (Å²) < 4.78 is 2.42. The smallest absolute Gasteiger partial charge is 0.0948 e. The first-order chi connectivity index (χ1) is 17.3. The Morgan fingerprint density at radius 3 is 1.69 bits per heavy atom. The topological polar surface area (TPSA) is 17.8 Å². The first-order valence-corrected chi connectivity index (χ1v) is 15.4. The molecule has 0 N–H and O–H groups in total. The van der Waals surface area contributed by atoms with Crippen molar-refractivity contribution in [1.82, 2.24) is 9.55 Å². The maximum Gasteiger partial charge on any atom is 0.0948 e. The van der Waals surface area contributed by atoms with Crippen molar-refractivity contribution in [2.45, 2.75) is 148 Å². The lowest BCUT2D eigenvalue weighted by atomic mass is 9.84. The third kappa shape index (κ3) is 13.9. The van der Waals surface area contributed by atoms with E-state index in [2.05, 4.69) is 66.3 Å². The number of nitrogens with zero attached hydrogens (tertiary/aromatic N) is 2. The normalized spacial score (nSPS) is 13.2. The van der Waals surface area contributed by atoms with E-state index in [0.717, 1.165) is 0 Å². The van der Waals surface area contributed by atoms with Crippen LogP contribution in [0.2, 0.25) is 0 Å². The first-order valence-electron chi connectivity index (χ1n) is 15.4. The molecule has 2 aromatic rings. The molecule has 2 unspecified atom stereocenters. The van der Waals surface area contributed by atoms with Gasteiger partial charge in [-0.15, -0.1) is 0 Å². The second kappa shape index (κ2) is 20.6. The largest absolute Gasteiger partial charge is 0.334 e. The Morgan fingerprint density at radius 2 is 1.14 bits per heavy atom. The van der Waals surface area contributed by atoms with Gasteiger partial charge < -0.3 is 4.57 Å². The maximum atomic E-state index is 4.41. The molecule has 0 saturated heterocycles. The minimum absolute atomic E-state index is 0.576. The molecule has 198 valence electrons. The van der Waals surface area contributed by atoms with Gasteiger partial charge in [0.05, 0.1) is 6.33 Å². The zero-order valence-corrected chi connectivity index (χ0v) is 23.3. The van der Waals surface area contributed by atoms with Crippen LogP contribution in [0.25, 0.3) is 0 Å². The summed E-state index contributed by atoms with van der Waals surface area (Å²) in [7, 11) is 0. The highest BCUT2D eigenvalue weighted by atomic mass is 15.1. The summed E-state index contributed by atoms with van der Waals surface area (Å²) in [4.78, 5) is 4.41. The molecule has 2 rings (SSSR count).